The summed E-state index contributed by atoms with van der Waals surface area (Å²) < 4.78 is 23.4. The highest BCUT2D eigenvalue weighted by Gasteiger charge is 2.20. The van der Waals surface area contributed by atoms with Crippen molar-refractivity contribution in [1.82, 2.24) is 0 Å². The van der Waals surface area contributed by atoms with Crippen molar-refractivity contribution in [3.05, 3.63) is 28.3 Å². The normalized spacial score (nSPS) is 11.1. The SMILES string of the molecule is Cc1cc(C)c(S(=O)(=O)CC#N)c(Cl)c1. The summed E-state index contributed by atoms with van der Waals surface area (Å²) in [6, 6.07) is 4.94. The van der Waals surface area contributed by atoms with Crippen molar-refractivity contribution in [3.8, 4) is 6.07 Å². The number of aryl methyl sites for hydroxylation is 2. The predicted molar refractivity (Wildman–Crippen MR) is 58.6 cm³/mol. The van der Waals surface area contributed by atoms with Crippen molar-refractivity contribution < 1.29 is 8.42 Å². The van der Waals surface area contributed by atoms with Gasteiger partial charge < -0.3 is 0 Å². The summed E-state index contributed by atoms with van der Waals surface area (Å²) in [6.45, 7) is 3.50. The maximum absolute atomic E-state index is 11.7. The standard InChI is InChI=1S/C10H10ClNO2S/c1-7-5-8(2)10(9(11)6-7)15(13,14)4-3-12/h5-6H,4H2,1-2H3. The second-order valence-electron chi connectivity index (χ2n) is 3.31. The summed E-state index contributed by atoms with van der Waals surface area (Å²) in [5.41, 5.74) is 1.48. The molecule has 0 radical (unpaired) electrons. The molecule has 0 N–H and O–H groups in total. The summed E-state index contributed by atoms with van der Waals surface area (Å²) in [7, 11) is -3.58. The fraction of sp³-hybridized carbons (Fsp3) is 0.300. The first kappa shape index (κ1) is 12.0. The fourth-order valence-electron chi connectivity index (χ4n) is 1.45. The fourth-order valence-corrected chi connectivity index (χ4v) is 3.35. The van der Waals surface area contributed by atoms with E-state index in [1.54, 1.807) is 25.1 Å². The third-order valence-electron chi connectivity index (χ3n) is 1.94. The molecule has 0 bridgehead atoms. The smallest absolute Gasteiger partial charge is 0.193 e. The number of benzene rings is 1. The van der Waals surface area contributed by atoms with Gasteiger partial charge in [0, 0.05) is 0 Å². The van der Waals surface area contributed by atoms with Gasteiger partial charge in [-0.25, -0.2) is 8.42 Å². The van der Waals surface area contributed by atoms with Crippen LogP contribution in [-0.2, 0) is 9.84 Å². The van der Waals surface area contributed by atoms with E-state index in [2.05, 4.69) is 0 Å². The Morgan fingerprint density at radius 3 is 2.47 bits per heavy atom. The molecule has 15 heavy (non-hydrogen) atoms. The molecule has 0 fully saturated rings. The average molecular weight is 244 g/mol. The maximum Gasteiger partial charge on any atom is 0.193 e. The third kappa shape index (κ3) is 2.49. The lowest BCUT2D eigenvalue weighted by molar-refractivity contribution is 0.599. The lowest BCUT2D eigenvalue weighted by Gasteiger charge is -2.08. The van der Waals surface area contributed by atoms with Crippen LogP contribution >= 0.6 is 11.6 Å². The molecule has 0 aliphatic carbocycles. The first-order valence-electron chi connectivity index (χ1n) is 4.25. The molecule has 1 aromatic rings. The van der Waals surface area contributed by atoms with Crippen molar-refractivity contribution in [2.24, 2.45) is 0 Å². The predicted octanol–water partition coefficient (Wildman–Crippen LogP) is 2.25. The minimum Gasteiger partial charge on any atom is -0.223 e. The minimum absolute atomic E-state index is 0.0660. The summed E-state index contributed by atoms with van der Waals surface area (Å²) in [5, 5.41) is 8.61. The Morgan fingerprint density at radius 2 is 2.00 bits per heavy atom. The quantitative estimate of drug-likeness (QED) is 0.801. The molecule has 1 rings (SSSR count). The van der Waals surface area contributed by atoms with Crippen LogP contribution in [0.4, 0.5) is 0 Å². The van der Waals surface area contributed by atoms with Crippen molar-refractivity contribution >= 4 is 21.4 Å². The highest BCUT2D eigenvalue weighted by molar-refractivity contribution is 7.91. The zero-order valence-electron chi connectivity index (χ0n) is 8.41. The third-order valence-corrected chi connectivity index (χ3v) is 4.02. The lowest BCUT2D eigenvalue weighted by atomic mass is 10.2. The van der Waals surface area contributed by atoms with Gasteiger partial charge in [0.15, 0.2) is 9.84 Å². The van der Waals surface area contributed by atoms with Gasteiger partial charge in [-0.15, -0.1) is 0 Å². The van der Waals surface area contributed by atoms with Gasteiger partial charge in [0.2, 0.25) is 0 Å². The van der Waals surface area contributed by atoms with E-state index in [1.165, 1.54) is 0 Å². The molecule has 0 aromatic heterocycles. The van der Waals surface area contributed by atoms with Crippen LogP contribution in [0.3, 0.4) is 0 Å². The molecule has 0 aliphatic rings. The van der Waals surface area contributed by atoms with Crippen LogP contribution in [-0.4, -0.2) is 14.2 Å². The van der Waals surface area contributed by atoms with E-state index in [-0.39, 0.29) is 9.92 Å². The number of hydrogen-bond donors (Lipinski definition) is 0. The van der Waals surface area contributed by atoms with Crippen LogP contribution in [0.15, 0.2) is 17.0 Å². The monoisotopic (exact) mass is 243 g/mol. The van der Waals surface area contributed by atoms with Gasteiger partial charge in [0.1, 0.15) is 5.75 Å². The summed E-state index contributed by atoms with van der Waals surface area (Å²) >= 11 is 5.87. The van der Waals surface area contributed by atoms with E-state index in [4.69, 9.17) is 16.9 Å². The minimum atomic E-state index is -3.58. The molecule has 5 heteroatoms. The largest absolute Gasteiger partial charge is 0.223 e. The highest BCUT2D eigenvalue weighted by atomic mass is 35.5. The number of hydrogen-bond acceptors (Lipinski definition) is 3. The highest BCUT2D eigenvalue weighted by Crippen LogP contribution is 2.27. The zero-order chi connectivity index (χ0) is 11.6. The average Bonchev–Trinajstić information content (AvgIpc) is 1.99. The molecule has 0 saturated heterocycles. The van der Waals surface area contributed by atoms with Gasteiger partial charge in [0.25, 0.3) is 0 Å². The first-order chi connectivity index (χ1) is 6.88. The Hall–Kier alpha value is -1.05. The number of rotatable bonds is 2. The Kier molecular flexibility index (Phi) is 3.38. The Bertz CT molecular complexity index is 506. The second kappa shape index (κ2) is 4.21. The molecular weight excluding hydrogens is 234 g/mol. The van der Waals surface area contributed by atoms with Crippen LogP contribution in [0, 0.1) is 25.2 Å². The molecule has 0 saturated carbocycles. The van der Waals surface area contributed by atoms with Crippen molar-refractivity contribution in [3.63, 3.8) is 0 Å². The summed E-state index contributed by atoms with van der Waals surface area (Å²) in [5.74, 6) is -0.545. The van der Waals surface area contributed by atoms with Gasteiger partial charge in [-0.05, 0) is 31.0 Å². The number of sulfone groups is 1. The van der Waals surface area contributed by atoms with Crippen LogP contribution < -0.4 is 0 Å². The second-order valence-corrected chi connectivity index (χ2v) is 5.64. The van der Waals surface area contributed by atoms with Crippen LogP contribution in [0.2, 0.25) is 5.02 Å². The van der Waals surface area contributed by atoms with Crippen LogP contribution in [0.1, 0.15) is 11.1 Å². The van der Waals surface area contributed by atoms with E-state index in [9.17, 15) is 8.42 Å². The van der Waals surface area contributed by atoms with Gasteiger partial charge in [0.05, 0.1) is 16.0 Å². The molecular formula is C10H10ClNO2S. The zero-order valence-corrected chi connectivity index (χ0v) is 9.98. The van der Waals surface area contributed by atoms with Crippen molar-refractivity contribution in [2.45, 2.75) is 18.7 Å². The van der Waals surface area contributed by atoms with Gasteiger partial charge in [-0.1, -0.05) is 17.7 Å². The van der Waals surface area contributed by atoms with Crippen molar-refractivity contribution in [2.75, 3.05) is 5.75 Å². The van der Waals surface area contributed by atoms with Crippen LogP contribution in [0.5, 0.6) is 0 Å². The van der Waals surface area contributed by atoms with Gasteiger partial charge >= 0.3 is 0 Å². The number of halogens is 1. The van der Waals surface area contributed by atoms with E-state index < -0.39 is 15.6 Å². The Labute approximate surface area is 94.2 Å². The molecule has 0 heterocycles. The van der Waals surface area contributed by atoms with E-state index in [1.807, 2.05) is 6.92 Å². The number of nitriles is 1. The summed E-state index contributed by atoms with van der Waals surface area (Å²) in [4.78, 5) is 0.0660. The van der Waals surface area contributed by atoms with E-state index in [0.717, 1.165) is 5.56 Å². The lowest BCUT2D eigenvalue weighted by Crippen LogP contribution is -2.08. The number of nitrogens with zero attached hydrogens (tertiary/aromatic N) is 1. The molecule has 0 unspecified atom stereocenters. The molecule has 80 valence electrons. The van der Waals surface area contributed by atoms with E-state index in [0.29, 0.717) is 5.56 Å². The maximum atomic E-state index is 11.7. The molecule has 1 aromatic carbocycles. The van der Waals surface area contributed by atoms with Gasteiger partial charge in [-0.2, -0.15) is 5.26 Å². The molecule has 0 atom stereocenters. The Balaban J connectivity index is 3.47. The molecule has 0 amide bonds. The van der Waals surface area contributed by atoms with E-state index >= 15 is 0 Å². The molecule has 0 aliphatic heterocycles. The molecule has 0 spiro atoms. The summed E-state index contributed by atoms with van der Waals surface area (Å²) in [6.07, 6.45) is 0. The topological polar surface area (TPSA) is 57.9 Å². The Morgan fingerprint density at radius 1 is 1.40 bits per heavy atom. The molecule has 3 nitrogen and oxygen atoms in total. The van der Waals surface area contributed by atoms with Gasteiger partial charge in [-0.3, -0.25) is 0 Å². The van der Waals surface area contributed by atoms with Crippen LogP contribution in [0.25, 0.3) is 0 Å². The first-order valence-corrected chi connectivity index (χ1v) is 6.28. The van der Waals surface area contributed by atoms with Crippen molar-refractivity contribution in [1.29, 1.82) is 5.26 Å².